The van der Waals surface area contributed by atoms with E-state index < -0.39 is 0 Å². The summed E-state index contributed by atoms with van der Waals surface area (Å²) in [5.74, 6) is 0. The molecule has 0 aliphatic carbocycles. The highest BCUT2D eigenvalue weighted by Gasteiger charge is 2.11. The molecule has 0 aromatic heterocycles. The van der Waals surface area contributed by atoms with Crippen LogP contribution < -0.4 is 9.80 Å². The Kier molecular flexibility index (Phi) is 5.64. The zero-order valence-corrected chi connectivity index (χ0v) is 21.2. The van der Waals surface area contributed by atoms with Crippen molar-refractivity contribution in [2.45, 2.75) is 0 Å². The van der Waals surface area contributed by atoms with Crippen LogP contribution in [-0.4, -0.2) is 13.1 Å². The van der Waals surface area contributed by atoms with Gasteiger partial charge in [0, 0.05) is 36.9 Å². The molecular weight excluding hydrogens is 460 g/mol. The molecule has 182 valence electrons. The maximum atomic E-state index is 2.32. The van der Waals surface area contributed by atoms with Crippen LogP contribution in [-0.2, 0) is 0 Å². The molecule has 2 heteroatoms. The predicted molar refractivity (Wildman–Crippen MR) is 163 cm³/mol. The number of allylic oxidation sites excluding steroid dienone is 4. The largest absolute Gasteiger partial charge is 0.344 e. The number of hydrogen-bond acceptors (Lipinski definition) is 2. The lowest BCUT2D eigenvalue weighted by Gasteiger charge is -2.23. The summed E-state index contributed by atoms with van der Waals surface area (Å²) in [7, 11) is 0. The van der Waals surface area contributed by atoms with E-state index in [0.717, 1.165) is 13.1 Å². The van der Waals surface area contributed by atoms with Crippen molar-refractivity contribution < 1.29 is 0 Å². The van der Waals surface area contributed by atoms with Gasteiger partial charge in [-0.15, -0.1) is 0 Å². The van der Waals surface area contributed by atoms with Gasteiger partial charge in [0.1, 0.15) is 0 Å². The van der Waals surface area contributed by atoms with E-state index in [1.165, 1.54) is 55.2 Å². The van der Waals surface area contributed by atoms with Crippen molar-refractivity contribution in [2.75, 3.05) is 22.9 Å². The van der Waals surface area contributed by atoms with Crippen LogP contribution in [0.4, 0.5) is 11.4 Å². The fourth-order valence-corrected chi connectivity index (χ4v) is 5.40. The smallest absolute Gasteiger partial charge is 0.0415 e. The van der Waals surface area contributed by atoms with Crippen LogP contribution >= 0.6 is 0 Å². The van der Waals surface area contributed by atoms with E-state index in [1.807, 2.05) is 0 Å². The first-order chi connectivity index (χ1) is 18.8. The van der Waals surface area contributed by atoms with Gasteiger partial charge in [-0.1, -0.05) is 72.8 Å². The zero-order valence-electron chi connectivity index (χ0n) is 21.2. The Balaban J connectivity index is 1.13. The predicted octanol–water partition coefficient (Wildman–Crippen LogP) is 8.83. The fraction of sp³-hybridized carbons (Fsp3) is 0.0556. The van der Waals surface area contributed by atoms with Crippen LogP contribution in [0.2, 0.25) is 0 Å². The number of anilines is 2. The highest BCUT2D eigenvalue weighted by Crippen LogP contribution is 2.31. The SMILES string of the molecule is C1=CN(c2ccccc2)CC=C1c1ccc2cc3cc(C4=CCN(c5ccccc5)C=C4)ccc3cc2c1. The molecule has 2 nitrogen and oxygen atoms in total. The lowest BCUT2D eigenvalue weighted by Crippen LogP contribution is -2.18. The second-order valence-corrected chi connectivity index (χ2v) is 9.90. The molecule has 0 atom stereocenters. The fourth-order valence-electron chi connectivity index (χ4n) is 5.40. The van der Waals surface area contributed by atoms with Crippen LogP contribution in [0.15, 0.2) is 146 Å². The summed E-state index contributed by atoms with van der Waals surface area (Å²) in [5, 5.41) is 5.09. The number of rotatable bonds is 4. The average molecular weight is 489 g/mol. The number of nitrogens with zero attached hydrogens (tertiary/aromatic N) is 2. The number of hydrogen-bond donors (Lipinski definition) is 0. The van der Waals surface area contributed by atoms with Gasteiger partial charge in [-0.2, -0.15) is 0 Å². The van der Waals surface area contributed by atoms with Crippen molar-refractivity contribution in [3.05, 3.63) is 157 Å². The molecular formula is C36H28N2. The number of benzene rings is 5. The molecule has 0 saturated carbocycles. The van der Waals surface area contributed by atoms with Crippen LogP contribution in [0.1, 0.15) is 11.1 Å². The molecule has 5 aromatic rings. The molecule has 0 radical (unpaired) electrons. The van der Waals surface area contributed by atoms with E-state index in [0.29, 0.717) is 0 Å². The molecule has 5 aromatic carbocycles. The van der Waals surface area contributed by atoms with Crippen LogP contribution in [0, 0.1) is 0 Å². The van der Waals surface area contributed by atoms with Gasteiger partial charge in [0.2, 0.25) is 0 Å². The highest BCUT2D eigenvalue weighted by atomic mass is 15.1. The van der Waals surface area contributed by atoms with Crippen LogP contribution in [0.5, 0.6) is 0 Å². The minimum absolute atomic E-state index is 0.877. The summed E-state index contributed by atoms with van der Waals surface area (Å²) in [5.41, 5.74) is 7.51. The third kappa shape index (κ3) is 4.31. The van der Waals surface area contributed by atoms with Crippen molar-refractivity contribution in [2.24, 2.45) is 0 Å². The molecule has 2 aliphatic heterocycles. The van der Waals surface area contributed by atoms with Gasteiger partial charge in [0.25, 0.3) is 0 Å². The third-order valence-electron chi connectivity index (χ3n) is 7.52. The van der Waals surface area contributed by atoms with E-state index >= 15 is 0 Å². The summed E-state index contributed by atoms with van der Waals surface area (Å²) in [4.78, 5) is 4.54. The number of para-hydroxylation sites is 2. The lowest BCUT2D eigenvalue weighted by atomic mass is 9.95. The average Bonchev–Trinajstić information content (AvgIpc) is 3.00. The molecule has 0 N–H and O–H groups in total. The summed E-state index contributed by atoms with van der Waals surface area (Å²) in [6.07, 6.45) is 13.4. The Morgan fingerprint density at radius 1 is 0.421 bits per heavy atom. The summed E-state index contributed by atoms with van der Waals surface area (Å²) in [6.45, 7) is 1.75. The molecule has 0 fully saturated rings. The van der Waals surface area contributed by atoms with Gasteiger partial charge < -0.3 is 9.80 Å². The third-order valence-corrected chi connectivity index (χ3v) is 7.52. The molecule has 2 aliphatic rings. The van der Waals surface area contributed by atoms with E-state index in [1.54, 1.807) is 0 Å². The minimum Gasteiger partial charge on any atom is -0.344 e. The monoisotopic (exact) mass is 488 g/mol. The quantitative estimate of drug-likeness (QED) is 0.233. The van der Waals surface area contributed by atoms with Crippen molar-refractivity contribution in [3.8, 4) is 0 Å². The maximum absolute atomic E-state index is 2.32. The van der Waals surface area contributed by atoms with Gasteiger partial charge in [-0.05, 0) is 105 Å². The standard InChI is InChI=1S/C36H28N2/c1-3-7-35(8-4-1)37-19-15-27(16-20-37)29-11-13-31-26-34-24-30(12-14-32(34)25-33(31)23-29)28-17-21-38(22-18-28)36-9-5-2-6-10-36/h1-19,21,23-26H,20,22H2. The normalized spacial score (nSPS) is 15.2. The molecule has 0 spiro atoms. The van der Waals surface area contributed by atoms with Gasteiger partial charge in [-0.3, -0.25) is 0 Å². The van der Waals surface area contributed by atoms with Crippen molar-refractivity contribution in [1.29, 1.82) is 0 Å². The molecule has 7 rings (SSSR count). The van der Waals surface area contributed by atoms with E-state index in [4.69, 9.17) is 0 Å². The van der Waals surface area contributed by atoms with Crippen molar-refractivity contribution in [3.63, 3.8) is 0 Å². The highest BCUT2D eigenvalue weighted by molar-refractivity contribution is 6.01. The number of fused-ring (bicyclic) bond motifs is 2. The second-order valence-electron chi connectivity index (χ2n) is 9.90. The first-order valence-electron chi connectivity index (χ1n) is 13.2. The molecule has 0 saturated heterocycles. The van der Waals surface area contributed by atoms with Gasteiger partial charge in [0.15, 0.2) is 0 Å². The molecule has 0 unspecified atom stereocenters. The van der Waals surface area contributed by atoms with Gasteiger partial charge in [-0.25, -0.2) is 0 Å². The lowest BCUT2D eigenvalue weighted by molar-refractivity contribution is 1.08. The Bertz CT molecular complexity index is 1620. The summed E-state index contributed by atoms with van der Waals surface area (Å²) < 4.78 is 0. The Morgan fingerprint density at radius 3 is 1.26 bits per heavy atom. The molecule has 0 bridgehead atoms. The second kappa shape index (κ2) is 9.57. The first kappa shape index (κ1) is 22.4. The van der Waals surface area contributed by atoms with E-state index in [2.05, 4.69) is 156 Å². The van der Waals surface area contributed by atoms with Crippen LogP contribution in [0.25, 0.3) is 32.7 Å². The Labute approximate surface area is 223 Å². The topological polar surface area (TPSA) is 6.48 Å². The molecule has 0 amide bonds. The van der Waals surface area contributed by atoms with Crippen molar-refractivity contribution >= 4 is 44.1 Å². The van der Waals surface area contributed by atoms with Crippen molar-refractivity contribution in [1.82, 2.24) is 0 Å². The first-order valence-corrected chi connectivity index (χ1v) is 13.2. The Hall–Kier alpha value is -4.82. The summed E-state index contributed by atoms with van der Waals surface area (Å²) >= 11 is 0. The minimum atomic E-state index is 0.877. The molecule has 38 heavy (non-hydrogen) atoms. The summed E-state index contributed by atoms with van der Waals surface area (Å²) in [6, 6.07) is 39.3. The van der Waals surface area contributed by atoms with Crippen LogP contribution in [0.3, 0.4) is 0 Å². The Morgan fingerprint density at radius 2 is 0.868 bits per heavy atom. The van der Waals surface area contributed by atoms with E-state index in [9.17, 15) is 0 Å². The zero-order chi connectivity index (χ0) is 25.3. The molecule has 2 heterocycles. The maximum Gasteiger partial charge on any atom is 0.0415 e. The van der Waals surface area contributed by atoms with Gasteiger partial charge in [0.05, 0.1) is 0 Å². The van der Waals surface area contributed by atoms with Gasteiger partial charge >= 0.3 is 0 Å². The van der Waals surface area contributed by atoms with E-state index in [-0.39, 0.29) is 0 Å².